The van der Waals surface area contributed by atoms with E-state index in [0.29, 0.717) is 12.0 Å². The van der Waals surface area contributed by atoms with E-state index in [1.165, 1.54) is 0 Å². The third-order valence-electron chi connectivity index (χ3n) is 3.11. The van der Waals surface area contributed by atoms with Crippen molar-refractivity contribution < 1.29 is 4.79 Å². The Labute approximate surface area is 86.6 Å². The maximum atomic E-state index is 11.8. The van der Waals surface area contributed by atoms with Gasteiger partial charge in [0.15, 0.2) is 0 Å². The van der Waals surface area contributed by atoms with Crippen LogP contribution in [0, 0.1) is 11.8 Å². The topological polar surface area (TPSA) is 41.1 Å². The second kappa shape index (κ2) is 4.78. The minimum Gasteiger partial charge on any atom is -0.354 e. The molecule has 0 aromatic carbocycles. The Balaban J connectivity index is 2.53. The van der Waals surface area contributed by atoms with Crippen LogP contribution in [-0.4, -0.2) is 24.5 Å². The molecule has 0 aliphatic carbocycles. The summed E-state index contributed by atoms with van der Waals surface area (Å²) in [6.07, 6.45) is 0.962. The molecule has 2 N–H and O–H groups in total. The lowest BCUT2D eigenvalue weighted by molar-refractivity contribution is -0.128. The average Bonchev–Trinajstić information content (AvgIpc) is 2.08. The quantitative estimate of drug-likeness (QED) is 0.698. The molecule has 1 heterocycles. The van der Waals surface area contributed by atoms with E-state index in [1.807, 2.05) is 13.8 Å². The highest BCUT2D eigenvalue weighted by atomic mass is 16.1. The van der Waals surface area contributed by atoms with Gasteiger partial charge in [-0.2, -0.15) is 0 Å². The summed E-state index contributed by atoms with van der Waals surface area (Å²) < 4.78 is 0. The molecular formula is C11H22N2O. The first-order valence-electron chi connectivity index (χ1n) is 5.56. The van der Waals surface area contributed by atoms with E-state index in [9.17, 15) is 4.79 Å². The fourth-order valence-corrected chi connectivity index (χ4v) is 2.03. The van der Waals surface area contributed by atoms with E-state index in [0.717, 1.165) is 13.0 Å². The zero-order chi connectivity index (χ0) is 10.7. The normalized spacial score (nSPS) is 33.1. The second-order valence-corrected chi connectivity index (χ2v) is 4.66. The molecule has 3 atom stereocenters. The number of carbonyl (C=O) groups excluding carboxylic acids is 1. The highest BCUT2D eigenvalue weighted by Crippen LogP contribution is 2.23. The van der Waals surface area contributed by atoms with Crippen LogP contribution in [0.15, 0.2) is 0 Å². The highest BCUT2D eigenvalue weighted by molar-refractivity contribution is 5.79. The zero-order valence-electron chi connectivity index (χ0n) is 9.63. The summed E-state index contributed by atoms with van der Waals surface area (Å²) in [5.41, 5.74) is 0. The molecule has 0 bridgehead atoms. The number of hydrogen-bond donors (Lipinski definition) is 2. The van der Waals surface area contributed by atoms with Crippen LogP contribution in [0.2, 0.25) is 0 Å². The van der Waals surface area contributed by atoms with Crippen molar-refractivity contribution in [3.05, 3.63) is 0 Å². The Morgan fingerprint density at radius 3 is 2.64 bits per heavy atom. The summed E-state index contributed by atoms with van der Waals surface area (Å²) in [5.74, 6) is 0.844. The van der Waals surface area contributed by atoms with Gasteiger partial charge in [0.05, 0.1) is 0 Å². The first kappa shape index (κ1) is 11.5. The summed E-state index contributed by atoms with van der Waals surface area (Å²) >= 11 is 0. The molecule has 1 fully saturated rings. The van der Waals surface area contributed by atoms with Gasteiger partial charge in [-0.05, 0) is 39.7 Å². The number of amides is 1. The Morgan fingerprint density at radius 1 is 1.43 bits per heavy atom. The van der Waals surface area contributed by atoms with Crippen molar-refractivity contribution in [2.75, 3.05) is 6.54 Å². The molecule has 14 heavy (non-hydrogen) atoms. The summed E-state index contributed by atoms with van der Waals surface area (Å²) in [6, 6.07) is 0.701. The van der Waals surface area contributed by atoms with Crippen LogP contribution in [0.3, 0.4) is 0 Å². The maximum Gasteiger partial charge on any atom is 0.223 e. The smallest absolute Gasteiger partial charge is 0.223 e. The van der Waals surface area contributed by atoms with Crippen molar-refractivity contribution in [2.45, 2.75) is 46.2 Å². The minimum absolute atomic E-state index is 0.189. The summed E-state index contributed by atoms with van der Waals surface area (Å²) in [7, 11) is 0. The molecule has 0 saturated carbocycles. The van der Waals surface area contributed by atoms with Gasteiger partial charge < -0.3 is 10.6 Å². The van der Waals surface area contributed by atoms with Crippen molar-refractivity contribution in [1.29, 1.82) is 0 Å². The molecule has 0 spiro atoms. The van der Waals surface area contributed by atoms with Gasteiger partial charge in [-0.25, -0.2) is 0 Å². The molecular weight excluding hydrogens is 176 g/mol. The van der Waals surface area contributed by atoms with Crippen LogP contribution in [0.4, 0.5) is 0 Å². The summed E-state index contributed by atoms with van der Waals surface area (Å²) in [6.45, 7) is 9.28. The third-order valence-corrected chi connectivity index (χ3v) is 3.11. The van der Waals surface area contributed by atoms with E-state index in [1.54, 1.807) is 0 Å². The van der Waals surface area contributed by atoms with Crippen LogP contribution in [-0.2, 0) is 4.79 Å². The molecule has 1 aliphatic heterocycles. The largest absolute Gasteiger partial charge is 0.354 e. The zero-order valence-corrected chi connectivity index (χ0v) is 9.63. The van der Waals surface area contributed by atoms with Crippen LogP contribution in [0.25, 0.3) is 0 Å². The van der Waals surface area contributed by atoms with Crippen molar-refractivity contribution in [3.8, 4) is 0 Å². The van der Waals surface area contributed by atoms with Crippen LogP contribution in [0.1, 0.15) is 34.1 Å². The molecule has 0 aromatic rings. The number of piperidine rings is 1. The molecule has 82 valence electrons. The molecule has 1 aliphatic rings. The molecule has 3 nitrogen and oxygen atoms in total. The minimum atomic E-state index is 0.189. The SMILES string of the molecule is CC(C)NC(=O)C1CCNC(C)C1C. The molecule has 3 heteroatoms. The van der Waals surface area contributed by atoms with Gasteiger partial charge in [-0.1, -0.05) is 6.92 Å². The molecule has 1 saturated heterocycles. The Hall–Kier alpha value is -0.570. The van der Waals surface area contributed by atoms with Crippen molar-refractivity contribution in [1.82, 2.24) is 10.6 Å². The lowest BCUT2D eigenvalue weighted by atomic mass is 9.82. The fourth-order valence-electron chi connectivity index (χ4n) is 2.03. The third kappa shape index (κ3) is 2.71. The van der Waals surface area contributed by atoms with Gasteiger partial charge in [0, 0.05) is 18.0 Å². The van der Waals surface area contributed by atoms with Gasteiger partial charge >= 0.3 is 0 Å². The van der Waals surface area contributed by atoms with E-state index in [4.69, 9.17) is 0 Å². The van der Waals surface area contributed by atoms with Crippen molar-refractivity contribution in [2.24, 2.45) is 11.8 Å². The molecule has 0 radical (unpaired) electrons. The average molecular weight is 198 g/mol. The van der Waals surface area contributed by atoms with E-state index >= 15 is 0 Å². The molecule has 1 rings (SSSR count). The monoisotopic (exact) mass is 198 g/mol. The predicted molar refractivity (Wildman–Crippen MR) is 58.0 cm³/mol. The predicted octanol–water partition coefficient (Wildman–Crippen LogP) is 1.15. The molecule has 1 amide bonds. The van der Waals surface area contributed by atoms with Crippen molar-refractivity contribution in [3.63, 3.8) is 0 Å². The summed E-state index contributed by atoms with van der Waals surface area (Å²) in [4.78, 5) is 11.8. The van der Waals surface area contributed by atoms with Gasteiger partial charge in [-0.15, -0.1) is 0 Å². The number of rotatable bonds is 2. The fraction of sp³-hybridized carbons (Fsp3) is 0.909. The standard InChI is InChI=1S/C11H22N2O/c1-7(2)13-11(14)10-5-6-12-9(4)8(10)3/h7-10,12H,5-6H2,1-4H3,(H,13,14). The number of carbonyl (C=O) groups is 1. The Kier molecular flexibility index (Phi) is 3.93. The summed E-state index contributed by atoms with van der Waals surface area (Å²) in [5, 5.41) is 6.39. The maximum absolute atomic E-state index is 11.8. The van der Waals surface area contributed by atoms with Gasteiger partial charge in [0.1, 0.15) is 0 Å². The lowest BCUT2D eigenvalue weighted by Crippen LogP contribution is -2.49. The van der Waals surface area contributed by atoms with E-state index in [2.05, 4.69) is 24.5 Å². The van der Waals surface area contributed by atoms with Gasteiger partial charge in [0.25, 0.3) is 0 Å². The van der Waals surface area contributed by atoms with E-state index in [-0.39, 0.29) is 17.9 Å². The van der Waals surface area contributed by atoms with Crippen LogP contribution >= 0.6 is 0 Å². The number of hydrogen-bond acceptors (Lipinski definition) is 2. The first-order chi connectivity index (χ1) is 6.52. The van der Waals surface area contributed by atoms with Crippen molar-refractivity contribution >= 4 is 5.91 Å². The molecule has 0 aromatic heterocycles. The Bertz CT molecular complexity index is 203. The lowest BCUT2D eigenvalue weighted by Gasteiger charge is -2.34. The van der Waals surface area contributed by atoms with E-state index < -0.39 is 0 Å². The van der Waals surface area contributed by atoms with Crippen LogP contribution in [0.5, 0.6) is 0 Å². The van der Waals surface area contributed by atoms with Crippen LogP contribution < -0.4 is 10.6 Å². The highest BCUT2D eigenvalue weighted by Gasteiger charge is 2.31. The second-order valence-electron chi connectivity index (χ2n) is 4.66. The van der Waals surface area contributed by atoms with Gasteiger partial charge in [0.2, 0.25) is 5.91 Å². The first-order valence-corrected chi connectivity index (χ1v) is 5.56. The molecule has 3 unspecified atom stereocenters. The Morgan fingerprint density at radius 2 is 2.07 bits per heavy atom. The number of nitrogens with one attached hydrogen (secondary N) is 2. The van der Waals surface area contributed by atoms with Gasteiger partial charge in [-0.3, -0.25) is 4.79 Å².